The summed E-state index contributed by atoms with van der Waals surface area (Å²) in [6, 6.07) is 8.85. The first-order valence-corrected chi connectivity index (χ1v) is 6.37. The highest BCUT2D eigenvalue weighted by Crippen LogP contribution is 2.38. The zero-order chi connectivity index (χ0) is 9.97. The fourth-order valence-electron chi connectivity index (χ4n) is 1.87. The van der Waals surface area contributed by atoms with Crippen LogP contribution in [0.1, 0.15) is 30.4 Å². The van der Waals surface area contributed by atoms with Crippen LogP contribution in [0.15, 0.2) is 24.3 Å². The molecule has 1 saturated carbocycles. The van der Waals surface area contributed by atoms with E-state index < -0.39 is 0 Å². The van der Waals surface area contributed by atoms with Crippen molar-refractivity contribution in [3.63, 3.8) is 0 Å². The molecule has 0 aliphatic heterocycles. The minimum Gasteiger partial charge on any atom is -0.0888 e. The van der Waals surface area contributed by atoms with Gasteiger partial charge in [0.05, 0.1) is 0 Å². The Balaban J connectivity index is 1.84. The SMILES string of the molecule is Cc1cccc(CCC(Br)C2CC2)c1. The van der Waals surface area contributed by atoms with E-state index in [0.29, 0.717) is 0 Å². The lowest BCUT2D eigenvalue weighted by atomic mass is 10.0. The summed E-state index contributed by atoms with van der Waals surface area (Å²) in [4.78, 5) is 0.753. The Kier molecular flexibility index (Phi) is 3.27. The molecule has 1 heteroatoms. The van der Waals surface area contributed by atoms with Gasteiger partial charge in [-0.2, -0.15) is 0 Å². The molecule has 1 aliphatic carbocycles. The lowest BCUT2D eigenvalue weighted by Gasteiger charge is -2.08. The smallest absolute Gasteiger partial charge is 0.0177 e. The third kappa shape index (κ3) is 2.84. The van der Waals surface area contributed by atoms with Gasteiger partial charge in [0.15, 0.2) is 0 Å². The van der Waals surface area contributed by atoms with Gasteiger partial charge in [-0.3, -0.25) is 0 Å². The highest BCUT2D eigenvalue weighted by Gasteiger charge is 2.28. The van der Waals surface area contributed by atoms with Gasteiger partial charge in [-0.15, -0.1) is 0 Å². The van der Waals surface area contributed by atoms with Crippen molar-refractivity contribution in [2.45, 2.75) is 37.4 Å². The summed E-state index contributed by atoms with van der Waals surface area (Å²) in [5.74, 6) is 0.972. The second kappa shape index (κ2) is 4.48. The summed E-state index contributed by atoms with van der Waals surface area (Å²) in [5.41, 5.74) is 2.86. The number of benzene rings is 1. The zero-order valence-corrected chi connectivity index (χ0v) is 10.3. The molecule has 0 radical (unpaired) electrons. The number of hydrogen-bond acceptors (Lipinski definition) is 0. The van der Waals surface area contributed by atoms with Crippen LogP contribution in [0.25, 0.3) is 0 Å². The van der Waals surface area contributed by atoms with Crippen molar-refractivity contribution in [2.75, 3.05) is 0 Å². The fourth-order valence-corrected chi connectivity index (χ4v) is 2.62. The van der Waals surface area contributed by atoms with Crippen LogP contribution in [0.4, 0.5) is 0 Å². The summed E-state index contributed by atoms with van der Waals surface area (Å²) in [7, 11) is 0. The zero-order valence-electron chi connectivity index (χ0n) is 8.67. The summed E-state index contributed by atoms with van der Waals surface area (Å²) in [5, 5.41) is 0. The number of rotatable bonds is 4. The molecule has 0 saturated heterocycles. The molecule has 1 aromatic carbocycles. The molecule has 0 bridgehead atoms. The van der Waals surface area contributed by atoms with E-state index in [0.717, 1.165) is 10.7 Å². The van der Waals surface area contributed by atoms with Crippen LogP contribution in [0.2, 0.25) is 0 Å². The fraction of sp³-hybridized carbons (Fsp3) is 0.538. The topological polar surface area (TPSA) is 0 Å². The second-order valence-corrected chi connectivity index (χ2v) is 5.56. The highest BCUT2D eigenvalue weighted by atomic mass is 79.9. The lowest BCUT2D eigenvalue weighted by Crippen LogP contribution is -2.02. The van der Waals surface area contributed by atoms with E-state index in [1.165, 1.54) is 36.8 Å². The number of alkyl halides is 1. The van der Waals surface area contributed by atoms with Gasteiger partial charge in [0.2, 0.25) is 0 Å². The minimum absolute atomic E-state index is 0.753. The average Bonchev–Trinajstić information content (AvgIpc) is 2.97. The van der Waals surface area contributed by atoms with E-state index in [9.17, 15) is 0 Å². The number of halogens is 1. The predicted molar refractivity (Wildman–Crippen MR) is 64.9 cm³/mol. The third-order valence-electron chi connectivity index (χ3n) is 2.92. The van der Waals surface area contributed by atoms with E-state index >= 15 is 0 Å². The quantitative estimate of drug-likeness (QED) is 0.708. The maximum atomic E-state index is 3.78. The summed E-state index contributed by atoms with van der Waals surface area (Å²) in [6.07, 6.45) is 5.37. The van der Waals surface area contributed by atoms with Crippen LogP contribution >= 0.6 is 15.9 Å². The van der Waals surface area contributed by atoms with Crippen molar-refractivity contribution in [3.8, 4) is 0 Å². The molecular weight excluding hydrogens is 236 g/mol. The van der Waals surface area contributed by atoms with E-state index in [1.54, 1.807) is 0 Å². The first-order valence-electron chi connectivity index (χ1n) is 5.45. The number of aryl methyl sites for hydroxylation is 2. The minimum atomic E-state index is 0.753. The molecule has 1 atom stereocenters. The molecule has 0 aromatic heterocycles. The average molecular weight is 253 g/mol. The van der Waals surface area contributed by atoms with Crippen LogP contribution in [0.5, 0.6) is 0 Å². The van der Waals surface area contributed by atoms with E-state index in [4.69, 9.17) is 0 Å². The normalized spacial score (nSPS) is 18.1. The van der Waals surface area contributed by atoms with Gasteiger partial charge in [-0.05, 0) is 44.1 Å². The van der Waals surface area contributed by atoms with E-state index in [2.05, 4.69) is 47.1 Å². The van der Waals surface area contributed by atoms with Gasteiger partial charge in [-0.25, -0.2) is 0 Å². The molecule has 1 aliphatic rings. The van der Waals surface area contributed by atoms with Gasteiger partial charge in [-0.1, -0.05) is 45.8 Å². The van der Waals surface area contributed by atoms with Crippen LogP contribution in [0, 0.1) is 12.8 Å². The van der Waals surface area contributed by atoms with Gasteiger partial charge >= 0.3 is 0 Å². The van der Waals surface area contributed by atoms with E-state index in [-0.39, 0.29) is 0 Å². The molecule has 1 aromatic rings. The predicted octanol–water partition coefficient (Wildman–Crippen LogP) is 4.10. The molecule has 1 fully saturated rings. The molecule has 0 amide bonds. The molecule has 14 heavy (non-hydrogen) atoms. The van der Waals surface area contributed by atoms with Crippen molar-refractivity contribution >= 4 is 15.9 Å². The van der Waals surface area contributed by atoms with Crippen LogP contribution in [-0.4, -0.2) is 4.83 Å². The lowest BCUT2D eigenvalue weighted by molar-refractivity contribution is 0.696. The molecule has 76 valence electrons. The van der Waals surface area contributed by atoms with Gasteiger partial charge < -0.3 is 0 Å². The highest BCUT2D eigenvalue weighted by molar-refractivity contribution is 9.09. The maximum absolute atomic E-state index is 3.78. The van der Waals surface area contributed by atoms with Crippen LogP contribution < -0.4 is 0 Å². The number of hydrogen-bond donors (Lipinski definition) is 0. The summed E-state index contributed by atoms with van der Waals surface area (Å²) in [6.45, 7) is 2.16. The molecule has 2 rings (SSSR count). The molecule has 1 unspecified atom stereocenters. The maximum Gasteiger partial charge on any atom is 0.0177 e. The third-order valence-corrected chi connectivity index (χ3v) is 4.13. The Morgan fingerprint density at radius 1 is 1.43 bits per heavy atom. The Morgan fingerprint density at radius 3 is 2.86 bits per heavy atom. The summed E-state index contributed by atoms with van der Waals surface area (Å²) < 4.78 is 0. The second-order valence-electron chi connectivity index (χ2n) is 4.38. The monoisotopic (exact) mass is 252 g/mol. The Hall–Kier alpha value is -0.300. The molecular formula is C13H17Br. The van der Waals surface area contributed by atoms with Crippen LogP contribution in [0.3, 0.4) is 0 Å². The Labute approximate surface area is 94.8 Å². The molecule has 0 nitrogen and oxygen atoms in total. The molecule has 0 heterocycles. The summed E-state index contributed by atoms with van der Waals surface area (Å²) >= 11 is 3.78. The largest absolute Gasteiger partial charge is 0.0888 e. The van der Waals surface area contributed by atoms with Crippen molar-refractivity contribution in [2.24, 2.45) is 5.92 Å². The van der Waals surface area contributed by atoms with Crippen molar-refractivity contribution in [1.82, 2.24) is 0 Å². The standard InChI is InChI=1S/C13H17Br/c1-10-3-2-4-11(9-10)5-8-13(14)12-6-7-12/h2-4,9,12-13H,5-8H2,1H3. The first-order chi connectivity index (χ1) is 6.75. The van der Waals surface area contributed by atoms with Gasteiger partial charge in [0, 0.05) is 4.83 Å². The van der Waals surface area contributed by atoms with Gasteiger partial charge in [0.1, 0.15) is 0 Å². The van der Waals surface area contributed by atoms with Crippen molar-refractivity contribution in [3.05, 3.63) is 35.4 Å². The Morgan fingerprint density at radius 2 is 2.21 bits per heavy atom. The van der Waals surface area contributed by atoms with Gasteiger partial charge in [0.25, 0.3) is 0 Å². The Bertz CT molecular complexity index is 302. The van der Waals surface area contributed by atoms with Crippen LogP contribution in [-0.2, 0) is 6.42 Å². The van der Waals surface area contributed by atoms with Crippen molar-refractivity contribution < 1.29 is 0 Å². The first kappa shape index (κ1) is 10.2. The molecule has 0 N–H and O–H groups in total. The van der Waals surface area contributed by atoms with E-state index in [1.807, 2.05) is 0 Å². The van der Waals surface area contributed by atoms with Crippen molar-refractivity contribution in [1.29, 1.82) is 0 Å². The molecule has 0 spiro atoms.